The average molecular weight is 834 g/mol. The zero-order chi connectivity index (χ0) is 43.7. The second-order valence-electron chi connectivity index (χ2n) is 17.3. The van der Waals surface area contributed by atoms with E-state index in [2.05, 4.69) is 235 Å². The van der Waals surface area contributed by atoms with E-state index in [4.69, 9.17) is 6.57 Å². The Morgan fingerprint density at radius 3 is 1.15 bits per heavy atom. The van der Waals surface area contributed by atoms with Crippen LogP contribution in [-0.4, -0.2) is 0 Å². The summed E-state index contributed by atoms with van der Waals surface area (Å²) in [4.78, 5) is 4.17. The molecule has 0 radical (unpaired) electrons. The van der Waals surface area contributed by atoms with Crippen LogP contribution in [0.4, 0.5) is 5.69 Å². The first-order valence-corrected chi connectivity index (χ1v) is 22.6. The molecule has 304 valence electrons. The molecule has 1 aliphatic carbocycles. The normalized spacial score (nSPS) is 11.6. The van der Waals surface area contributed by atoms with Gasteiger partial charge in [-0.05, 0) is 138 Å². The summed E-state index contributed by atoms with van der Waals surface area (Å²) < 4.78 is 0. The summed E-state index contributed by atoms with van der Waals surface area (Å²) in [5.41, 5.74) is 19.6. The van der Waals surface area contributed by atoms with Gasteiger partial charge in [-0.25, -0.2) is 4.85 Å². The molecule has 0 N–H and O–H groups in total. The maximum absolute atomic E-state index is 8.49. The van der Waals surface area contributed by atoms with Crippen molar-refractivity contribution in [3.63, 3.8) is 0 Å². The van der Waals surface area contributed by atoms with E-state index in [9.17, 15) is 0 Å². The van der Waals surface area contributed by atoms with Gasteiger partial charge in [0.25, 0.3) is 0 Å². The highest BCUT2D eigenvalue weighted by atomic mass is 14.6. The molecule has 1 aliphatic rings. The summed E-state index contributed by atoms with van der Waals surface area (Å²) in [5.74, 6) is 0. The van der Waals surface area contributed by atoms with E-state index in [1.807, 2.05) is 6.07 Å². The monoisotopic (exact) mass is 833 g/mol. The summed E-state index contributed by atoms with van der Waals surface area (Å²) in [7, 11) is 0. The van der Waals surface area contributed by atoms with Crippen molar-refractivity contribution in [2.75, 3.05) is 0 Å². The number of nitrogens with zero attached hydrogens (tertiary/aromatic N) is 1. The minimum atomic E-state index is 0.638. The second-order valence-corrected chi connectivity index (χ2v) is 17.3. The molecule has 13 rings (SSSR count). The van der Waals surface area contributed by atoms with Crippen LogP contribution in [0, 0.1) is 6.57 Å². The van der Waals surface area contributed by atoms with Crippen LogP contribution in [0.25, 0.3) is 137 Å². The summed E-state index contributed by atoms with van der Waals surface area (Å²) in [6, 6.07) is 85.7. The Morgan fingerprint density at radius 2 is 0.621 bits per heavy atom. The van der Waals surface area contributed by atoms with Crippen LogP contribution in [0.2, 0.25) is 0 Å². The van der Waals surface area contributed by atoms with Crippen molar-refractivity contribution >= 4 is 48.8 Å². The van der Waals surface area contributed by atoms with Crippen LogP contribution in [0.5, 0.6) is 0 Å². The summed E-state index contributed by atoms with van der Waals surface area (Å²) in [6.45, 7) is 8.49. The van der Waals surface area contributed by atoms with Gasteiger partial charge in [0.1, 0.15) is 0 Å². The van der Waals surface area contributed by atoms with E-state index in [1.165, 1.54) is 104 Å². The van der Waals surface area contributed by atoms with Gasteiger partial charge in [0.15, 0.2) is 5.69 Å². The third-order valence-corrected chi connectivity index (χ3v) is 13.8. The Morgan fingerprint density at radius 1 is 0.227 bits per heavy atom. The molecule has 0 saturated heterocycles. The lowest BCUT2D eigenvalue weighted by Gasteiger charge is -2.20. The molecule has 66 heavy (non-hydrogen) atoms. The molecule has 0 aromatic heterocycles. The van der Waals surface area contributed by atoms with Gasteiger partial charge in [-0.3, -0.25) is 0 Å². The first-order valence-electron chi connectivity index (χ1n) is 22.6. The third kappa shape index (κ3) is 5.72. The van der Waals surface area contributed by atoms with Crippen LogP contribution < -0.4 is 0 Å². The van der Waals surface area contributed by atoms with Crippen LogP contribution >= 0.6 is 0 Å². The minimum absolute atomic E-state index is 0.638. The topological polar surface area (TPSA) is 4.36 Å². The fourth-order valence-electron chi connectivity index (χ4n) is 11.1. The number of hydrogen-bond donors (Lipinski definition) is 0. The van der Waals surface area contributed by atoms with Crippen LogP contribution in [0.1, 0.15) is 0 Å². The van der Waals surface area contributed by atoms with Gasteiger partial charge < -0.3 is 0 Å². The van der Waals surface area contributed by atoms with E-state index in [1.54, 1.807) is 0 Å². The maximum Gasteiger partial charge on any atom is 0.194 e. The predicted octanol–water partition coefficient (Wildman–Crippen LogP) is 18.5. The quantitative estimate of drug-likeness (QED) is 0.116. The largest absolute Gasteiger partial charge is 0.238 e. The SMILES string of the molecule is [C-]#[N+]c1ccc(-c2ccc3c(-c4ccccc4)c4ccccc4c(-c4ccccc4)c3c2)cc1-c1ccc2c3c(cccc13)-c1c-2c(-c2ccccc2)c2ccccc2c1-c1ccccc1. The van der Waals surface area contributed by atoms with E-state index in [-0.39, 0.29) is 0 Å². The van der Waals surface area contributed by atoms with E-state index < -0.39 is 0 Å². The van der Waals surface area contributed by atoms with Crippen molar-refractivity contribution in [2.24, 2.45) is 0 Å². The molecule has 0 heterocycles. The van der Waals surface area contributed by atoms with Gasteiger partial charge in [0.05, 0.1) is 6.57 Å². The van der Waals surface area contributed by atoms with Crippen molar-refractivity contribution in [1.82, 2.24) is 0 Å². The average Bonchev–Trinajstić information content (AvgIpc) is 3.72. The van der Waals surface area contributed by atoms with E-state index in [0.29, 0.717) is 5.69 Å². The highest BCUT2D eigenvalue weighted by molar-refractivity contribution is 6.29. The van der Waals surface area contributed by atoms with Gasteiger partial charge in [0, 0.05) is 0 Å². The molecule has 1 heteroatoms. The van der Waals surface area contributed by atoms with Crippen molar-refractivity contribution in [2.45, 2.75) is 0 Å². The van der Waals surface area contributed by atoms with Crippen molar-refractivity contribution in [3.05, 3.63) is 248 Å². The van der Waals surface area contributed by atoms with Crippen molar-refractivity contribution in [1.29, 1.82) is 0 Å². The highest BCUT2D eigenvalue weighted by Gasteiger charge is 2.31. The van der Waals surface area contributed by atoms with Gasteiger partial charge >= 0.3 is 0 Å². The summed E-state index contributed by atoms with van der Waals surface area (Å²) >= 11 is 0. The Hall–Kier alpha value is -8.83. The van der Waals surface area contributed by atoms with E-state index in [0.717, 1.165) is 27.6 Å². The molecule has 12 aromatic carbocycles. The van der Waals surface area contributed by atoms with Gasteiger partial charge in [-0.15, -0.1) is 0 Å². The number of rotatable bonds is 6. The van der Waals surface area contributed by atoms with Crippen molar-refractivity contribution in [3.8, 4) is 89.0 Å². The molecule has 0 aliphatic heterocycles. The Balaban J connectivity index is 1.05. The molecular formula is C65H39N. The molecular weight excluding hydrogens is 795 g/mol. The molecule has 12 aromatic rings. The zero-order valence-electron chi connectivity index (χ0n) is 36.0. The first-order chi connectivity index (χ1) is 32.7. The fourth-order valence-corrected chi connectivity index (χ4v) is 11.1. The molecule has 0 spiro atoms. The Kier molecular flexibility index (Phi) is 8.66. The number of hydrogen-bond acceptors (Lipinski definition) is 0. The smallest absolute Gasteiger partial charge is 0.194 e. The van der Waals surface area contributed by atoms with Gasteiger partial charge in [-0.2, -0.15) is 0 Å². The molecule has 0 amide bonds. The number of benzene rings is 12. The lowest BCUT2D eigenvalue weighted by atomic mass is 9.82. The number of fused-ring (bicyclic) bond motifs is 6. The predicted molar refractivity (Wildman–Crippen MR) is 280 cm³/mol. The third-order valence-electron chi connectivity index (χ3n) is 13.8. The molecule has 0 atom stereocenters. The molecule has 0 unspecified atom stereocenters. The second kappa shape index (κ2) is 15.2. The van der Waals surface area contributed by atoms with Crippen LogP contribution in [-0.2, 0) is 0 Å². The van der Waals surface area contributed by atoms with E-state index >= 15 is 0 Å². The minimum Gasteiger partial charge on any atom is -0.238 e. The molecule has 0 bridgehead atoms. The zero-order valence-corrected chi connectivity index (χ0v) is 36.0. The molecule has 0 fully saturated rings. The summed E-state index contributed by atoms with van der Waals surface area (Å²) in [5, 5.41) is 9.73. The lowest BCUT2D eigenvalue weighted by Crippen LogP contribution is -1.93. The Labute approximate surface area is 384 Å². The lowest BCUT2D eigenvalue weighted by molar-refractivity contribution is 1.61. The standard InChI is InChI=1S/C65H39N/c1-66-58-38-34-46(45-33-35-53-57(40-45)60(42-21-8-3-9-22-42)50-28-15-14-27-49(50)59(53)41-19-6-2-7-20-41)39-56(58)47-36-37-55-63-48(47)31-18-32-54(63)64-61(43-23-10-4-11-24-43)51-29-16-17-30-52(51)62(65(55)64)44-25-12-5-13-26-44/h2-40H. The molecule has 0 saturated carbocycles. The summed E-state index contributed by atoms with van der Waals surface area (Å²) in [6.07, 6.45) is 0. The fraction of sp³-hybridized carbons (Fsp3) is 0. The van der Waals surface area contributed by atoms with Crippen LogP contribution in [0.3, 0.4) is 0 Å². The Bertz CT molecular complexity index is 3860. The molecule has 1 nitrogen and oxygen atoms in total. The van der Waals surface area contributed by atoms with Crippen molar-refractivity contribution < 1.29 is 0 Å². The first kappa shape index (κ1) is 37.7. The maximum atomic E-state index is 8.49. The van der Waals surface area contributed by atoms with Crippen LogP contribution in [0.15, 0.2) is 237 Å². The highest BCUT2D eigenvalue weighted by Crippen LogP contribution is 2.59. The van der Waals surface area contributed by atoms with Gasteiger partial charge in [0.2, 0.25) is 0 Å². The van der Waals surface area contributed by atoms with Gasteiger partial charge in [-0.1, -0.05) is 231 Å².